The van der Waals surface area contributed by atoms with Crippen LogP contribution < -0.4 is 0 Å². The molecule has 0 N–H and O–H groups in total. The Labute approximate surface area is 181 Å². The summed E-state index contributed by atoms with van der Waals surface area (Å²) in [4.78, 5) is 2.55. The van der Waals surface area contributed by atoms with Gasteiger partial charge in [-0.3, -0.25) is 0 Å². The van der Waals surface area contributed by atoms with Crippen LogP contribution in [0.5, 0.6) is 0 Å². The Hall–Kier alpha value is -2.68. The molecular formula is C27H22S2. The van der Waals surface area contributed by atoms with Gasteiger partial charge in [-0.2, -0.15) is 0 Å². The maximum absolute atomic E-state index is 2.33. The van der Waals surface area contributed by atoms with Crippen molar-refractivity contribution in [3.05, 3.63) is 132 Å². The Morgan fingerprint density at radius 3 is 1.41 bits per heavy atom. The van der Waals surface area contributed by atoms with Crippen LogP contribution in [0.2, 0.25) is 0 Å². The summed E-state index contributed by atoms with van der Waals surface area (Å²) in [5.41, 5.74) is 3.80. The lowest BCUT2D eigenvalue weighted by Crippen LogP contribution is -2.02. The first-order valence-corrected chi connectivity index (χ1v) is 11.4. The molecule has 4 aromatic rings. The average molecular weight is 411 g/mol. The van der Waals surface area contributed by atoms with Gasteiger partial charge >= 0.3 is 0 Å². The summed E-state index contributed by atoms with van der Waals surface area (Å²) in [5, 5.41) is 0. The van der Waals surface area contributed by atoms with Crippen LogP contribution in [-0.4, -0.2) is 4.58 Å². The highest BCUT2D eigenvalue weighted by Gasteiger charge is 2.19. The average Bonchev–Trinajstić information content (AvgIpc) is 2.80. The molecule has 0 amide bonds. The molecule has 0 bridgehead atoms. The highest BCUT2D eigenvalue weighted by Crippen LogP contribution is 2.44. The zero-order chi connectivity index (χ0) is 19.7. The standard InChI is InChI=1S/C27H22S2/c1-5-13-22(14-6-1)21-26(23-15-7-2-8-16-23)27(28-24-17-9-3-10-18-24)29-25-19-11-4-12-20-25/h1-21,27H/b26-21+. The second kappa shape index (κ2) is 10.2. The van der Waals surface area contributed by atoms with Gasteiger partial charge in [-0.15, -0.1) is 23.5 Å². The molecule has 0 heterocycles. The van der Waals surface area contributed by atoms with Crippen molar-refractivity contribution in [2.45, 2.75) is 14.4 Å². The van der Waals surface area contributed by atoms with Crippen LogP contribution in [0.4, 0.5) is 0 Å². The predicted molar refractivity (Wildman–Crippen MR) is 129 cm³/mol. The Morgan fingerprint density at radius 2 is 0.931 bits per heavy atom. The lowest BCUT2D eigenvalue weighted by molar-refractivity contribution is 1.42. The second-order valence-corrected chi connectivity index (χ2v) is 9.23. The molecule has 142 valence electrons. The second-order valence-electron chi connectivity index (χ2n) is 6.57. The Morgan fingerprint density at radius 1 is 0.517 bits per heavy atom. The van der Waals surface area contributed by atoms with E-state index in [9.17, 15) is 0 Å². The van der Waals surface area contributed by atoms with Gasteiger partial charge < -0.3 is 0 Å². The highest BCUT2D eigenvalue weighted by atomic mass is 32.2. The molecule has 0 spiro atoms. The van der Waals surface area contributed by atoms with Gasteiger partial charge in [0, 0.05) is 9.79 Å². The van der Waals surface area contributed by atoms with Crippen LogP contribution in [0.15, 0.2) is 131 Å². The summed E-state index contributed by atoms with van der Waals surface area (Å²) in [6.07, 6.45) is 2.33. The Bertz CT molecular complexity index is 985. The van der Waals surface area contributed by atoms with Gasteiger partial charge in [0.15, 0.2) is 0 Å². The van der Waals surface area contributed by atoms with E-state index >= 15 is 0 Å². The summed E-state index contributed by atoms with van der Waals surface area (Å²) in [6.45, 7) is 0. The van der Waals surface area contributed by atoms with Crippen LogP contribution in [0.3, 0.4) is 0 Å². The van der Waals surface area contributed by atoms with E-state index < -0.39 is 0 Å². The van der Waals surface area contributed by atoms with Crippen molar-refractivity contribution in [2.24, 2.45) is 0 Å². The number of hydrogen-bond donors (Lipinski definition) is 0. The topological polar surface area (TPSA) is 0 Å². The fraction of sp³-hybridized carbons (Fsp3) is 0.0370. The molecule has 0 unspecified atom stereocenters. The van der Waals surface area contributed by atoms with Crippen LogP contribution in [0.1, 0.15) is 11.1 Å². The number of thioether (sulfide) groups is 2. The first-order chi connectivity index (χ1) is 14.4. The zero-order valence-electron chi connectivity index (χ0n) is 16.0. The first-order valence-electron chi connectivity index (χ1n) is 9.64. The fourth-order valence-electron chi connectivity index (χ4n) is 3.04. The molecule has 0 nitrogen and oxygen atoms in total. The van der Waals surface area contributed by atoms with E-state index in [2.05, 4.69) is 127 Å². The Balaban J connectivity index is 1.77. The third-order valence-corrected chi connectivity index (χ3v) is 7.06. The van der Waals surface area contributed by atoms with Crippen LogP contribution in [-0.2, 0) is 0 Å². The quantitative estimate of drug-likeness (QED) is 0.171. The molecule has 0 aliphatic heterocycles. The molecule has 2 heteroatoms. The predicted octanol–water partition coefficient (Wildman–Crippen LogP) is 8.14. The monoisotopic (exact) mass is 410 g/mol. The molecule has 0 saturated carbocycles. The molecule has 0 radical (unpaired) electrons. The minimum atomic E-state index is 0.224. The highest BCUT2D eigenvalue weighted by molar-refractivity contribution is 8.17. The van der Waals surface area contributed by atoms with Gasteiger partial charge in [0.25, 0.3) is 0 Å². The van der Waals surface area contributed by atoms with Gasteiger partial charge in [-0.1, -0.05) is 97.1 Å². The molecule has 0 aliphatic rings. The van der Waals surface area contributed by atoms with E-state index in [1.807, 2.05) is 23.5 Å². The number of hydrogen-bond acceptors (Lipinski definition) is 2. The third kappa shape index (κ3) is 5.66. The van der Waals surface area contributed by atoms with Crippen molar-refractivity contribution < 1.29 is 0 Å². The van der Waals surface area contributed by atoms with E-state index in [0.717, 1.165) is 0 Å². The summed E-state index contributed by atoms with van der Waals surface area (Å²) in [7, 11) is 0. The summed E-state index contributed by atoms with van der Waals surface area (Å²) >= 11 is 3.80. The van der Waals surface area contributed by atoms with Crippen molar-refractivity contribution >= 4 is 35.2 Å². The van der Waals surface area contributed by atoms with Crippen molar-refractivity contribution in [1.29, 1.82) is 0 Å². The van der Waals surface area contributed by atoms with Crippen molar-refractivity contribution in [3.8, 4) is 0 Å². The molecule has 4 rings (SSSR count). The fourth-order valence-corrected chi connectivity index (χ4v) is 5.69. The third-order valence-electron chi connectivity index (χ3n) is 4.46. The molecule has 0 aromatic heterocycles. The van der Waals surface area contributed by atoms with Gasteiger partial charge in [-0.25, -0.2) is 0 Å². The maximum Gasteiger partial charge on any atom is 0.0851 e. The molecule has 0 fully saturated rings. The van der Waals surface area contributed by atoms with Crippen molar-refractivity contribution in [3.63, 3.8) is 0 Å². The lowest BCUT2D eigenvalue weighted by Gasteiger charge is -2.21. The smallest absolute Gasteiger partial charge is 0.0851 e. The van der Waals surface area contributed by atoms with Gasteiger partial charge in [-0.05, 0) is 47.0 Å². The number of rotatable bonds is 7. The van der Waals surface area contributed by atoms with Gasteiger partial charge in [0.2, 0.25) is 0 Å². The lowest BCUT2D eigenvalue weighted by atomic mass is 10.0. The minimum absolute atomic E-state index is 0.224. The largest absolute Gasteiger partial charge is 0.106 e. The normalized spacial score (nSPS) is 11.6. The summed E-state index contributed by atoms with van der Waals surface area (Å²) in [5.74, 6) is 0. The molecule has 0 atom stereocenters. The van der Waals surface area contributed by atoms with E-state index in [1.54, 1.807) is 0 Å². The van der Waals surface area contributed by atoms with E-state index in [-0.39, 0.29) is 4.58 Å². The maximum atomic E-state index is 2.33. The van der Waals surface area contributed by atoms with Gasteiger partial charge in [0.1, 0.15) is 0 Å². The molecule has 29 heavy (non-hydrogen) atoms. The number of benzene rings is 4. The van der Waals surface area contributed by atoms with Crippen molar-refractivity contribution in [2.75, 3.05) is 0 Å². The first kappa shape index (κ1) is 19.6. The van der Waals surface area contributed by atoms with E-state index in [0.29, 0.717) is 0 Å². The summed E-state index contributed by atoms with van der Waals surface area (Å²) < 4.78 is 0.224. The minimum Gasteiger partial charge on any atom is -0.106 e. The SMILES string of the molecule is C(=C(/c1ccccc1)C(Sc1ccccc1)Sc1ccccc1)/c1ccccc1. The molecule has 0 aliphatic carbocycles. The van der Waals surface area contributed by atoms with Crippen LogP contribution in [0.25, 0.3) is 11.6 Å². The van der Waals surface area contributed by atoms with Crippen LogP contribution >= 0.6 is 23.5 Å². The zero-order valence-corrected chi connectivity index (χ0v) is 17.7. The van der Waals surface area contributed by atoms with E-state index in [1.165, 1.54) is 26.5 Å². The Kier molecular flexibility index (Phi) is 6.90. The summed E-state index contributed by atoms with van der Waals surface area (Å²) in [6, 6.07) is 42.6. The molecular weight excluding hydrogens is 388 g/mol. The van der Waals surface area contributed by atoms with Crippen molar-refractivity contribution in [1.82, 2.24) is 0 Å². The van der Waals surface area contributed by atoms with Crippen LogP contribution in [0, 0.1) is 0 Å². The molecule has 0 saturated heterocycles. The molecule has 4 aromatic carbocycles. The van der Waals surface area contributed by atoms with E-state index in [4.69, 9.17) is 0 Å². The van der Waals surface area contributed by atoms with Gasteiger partial charge in [0.05, 0.1) is 4.58 Å².